The van der Waals surface area contributed by atoms with Crippen molar-refractivity contribution in [2.24, 2.45) is 5.92 Å². The van der Waals surface area contributed by atoms with Crippen LogP contribution in [0.25, 0.3) is 0 Å². The third kappa shape index (κ3) is 5.70. The zero-order valence-corrected chi connectivity index (χ0v) is 18.1. The largest absolute Gasteiger partial charge is 0.454 e. The van der Waals surface area contributed by atoms with E-state index in [9.17, 15) is 23.6 Å². The Morgan fingerprint density at radius 2 is 1.91 bits per heavy atom. The van der Waals surface area contributed by atoms with Crippen molar-refractivity contribution >= 4 is 35.2 Å². The molecule has 0 aromatic heterocycles. The van der Waals surface area contributed by atoms with Gasteiger partial charge in [-0.15, -0.1) is 11.6 Å². The van der Waals surface area contributed by atoms with Crippen LogP contribution in [0.15, 0.2) is 48.5 Å². The van der Waals surface area contributed by atoms with E-state index in [0.29, 0.717) is 5.56 Å². The number of ether oxygens (including phenoxy) is 1. The average Bonchev–Trinajstić information content (AvgIpc) is 3.13. The number of carbonyl (C=O) groups excluding carboxylic acids is 4. The van der Waals surface area contributed by atoms with Crippen molar-refractivity contribution in [2.45, 2.75) is 25.9 Å². The standard InChI is InChI=1S/C23H22ClFN2O5/c1-14-3-2-4-16(11-14)22(30)26-27-13-17(12-20(27)28)23(31)32-19(9-10-24)21(29)15-5-7-18(25)8-6-15/h2-8,11,17,19H,9-10,12-13H2,1H3,(H,26,30)/t17-,19+/m0/s1. The quantitative estimate of drug-likeness (QED) is 0.371. The molecule has 168 valence electrons. The summed E-state index contributed by atoms with van der Waals surface area (Å²) in [5, 5.41) is 1.08. The van der Waals surface area contributed by atoms with Crippen LogP contribution in [0.3, 0.4) is 0 Å². The maximum absolute atomic E-state index is 13.1. The number of esters is 1. The number of hydrazine groups is 1. The summed E-state index contributed by atoms with van der Waals surface area (Å²) in [6, 6.07) is 11.7. The molecule has 3 rings (SSSR count). The Hall–Kier alpha value is -3.26. The predicted octanol–water partition coefficient (Wildman–Crippen LogP) is 3.05. The number of nitrogens with one attached hydrogen (secondary N) is 1. The normalized spacial score (nSPS) is 16.5. The molecular formula is C23H22ClFN2O5. The number of nitrogens with zero attached hydrogens (tertiary/aromatic N) is 1. The van der Waals surface area contributed by atoms with E-state index in [0.717, 1.165) is 22.7 Å². The van der Waals surface area contributed by atoms with Crippen molar-refractivity contribution in [3.05, 3.63) is 71.0 Å². The van der Waals surface area contributed by atoms with E-state index in [4.69, 9.17) is 16.3 Å². The van der Waals surface area contributed by atoms with Crippen LogP contribution in [0, 0.1) is 18.7 Å². The van der Waals surface area contributed by atoms with E-state index in [1.165, 1.54) is 12.1 Å². The molecule has 1 aliphatic heterocycles. The number of amides is 2. The first-order chi connectivity index (χ1) is 15.3. The minimum atomic E-state index is -1.16. The van der Waals surface area contributed by atoms with Crippen LogP contribution in [-0.2, 0) is 14.3 Å². The molecule has 0 spiro atoms. The van der Waals surface area contributed by atoms with Gasteiger partial charge in [0.25, 0.3) is 5.91 Å². The molecule has 1 aliphatic rings. The van der Waals surface area contributed by atoms with E-state index in [1.807, 2.05) is 13.0 Å². The zero-order valence-electron chi connectivity index (χ0n) is 17.3. The number of hydrogen-bond donors (Lipinski definition) is 1. The number of ketones is 1. The fourth-order valence-electron chi connectivity index (χ4n) is 3.33. The summed E-state index contributed by atoms with van der Waals surface area (Å²) in [4.78, 5) is 50.0. The maximum atomic E-state index is 13.1. The Kier molecular flexibility index (Phi) is 7.58. The smallest absolute Gasteiger partial charge is 0.312 e. The SMILES string of the molecule is Cc1cccc(C(=O)NN2C[C@@H](C(=O)O[C@H](CCCl)C(=O)c3ccc(F)cc3)CC2=O)c1. The first kappa shape index (κ1) is 23.4. The molecule has 9 heteroatoms. The predicted molar refractivity (Wildman–Crippen MR) is 114 cm³/mol. The summed E-state index contributed by atoms with van der Waals surface area (Å²) >= 11 is 5.76. The van der Waals surface area contributed by atoms with E-state index < -0.39 is 41.4 Å². The zero-order chi connectivity index (χ0) is 23.3. The summed E-state index contributed by atoms with van der Waals surface area (Å²) < 4.78 is 18.5. The number of Topliss-reactive ketones (excluding diaryl/α,β-unsaturated/α-hetero) is 1. The highest BCUT2D eigenvalue weighted by molar-refractivity contribution is 6.18. The van der Waals surface area contributed by atoms with Gasteiger partial charge in [-0.3, -0.25) is 29.6 Å². The molecule has 7 nitrogen and oxygen atoms in total. The summed E-state index contributed by atoms with van der Waals surface area (Å²) in [6.45, 7) is 1.77. The number of rotatable bonds is 8. The van der Waals surface area contributed by atoms with Crippen molar-refractivity contribution in [1.82, 2.24) is 10.4 Å². The Bertz CT molecular complexity index is 1030. The van der Waals surface area contributed by atoms with Crippen LogP contribution >= 0.6 is 11.6 Å². The highest BCUT2D eigenvalue weighted by Gasteiger charge is 2.38. The van der Waals surface area contributed by atoms with Gasteiger partial charge in [0, 0.05) is 29.8 Å². The minimum absolute atomic E-state index is 0.0627. The molecule has 2 aromatic rings. The summed E-state index contributed by atoms with van der Waals surface area (Å²) in [5.41, 5.74) is 3.96. The third-order valence-electron chi connectivity index (χ3n) is 5.03. The van der Waals surface area contributed by atoms with E-state index in [2.05, 4.69) is 5.43 Å². The lowest BCUT2D eigenvalue weighted by Gasteiger charge is -2.19. The Morgan fingerprint density at radius 1 is 1.19 bits per heavy atom. The van der Waals surface area contributed by atoms with Crippen molar-refractivity contribution in [2.75, 3.05) is 12.4 Å². The van der Waals surface area contributed by atoms with Gasteiger partial charge in [-0.1, -0.05) is 17.7 Å². The number of carbonyl (C=O) groups is 4. The molecule has 1 saturated heterocycles. The fraction of sp³-hybridized carbons (Fsp3) is 0.304. The molecule has 0 aliphatic carbocycles. The first-order valence-corrected chi connectivity index (χ1v) is 10.6. The van der Waals surface area contributed by atoms with Gasteiger partial charge in [0.2, 0.25) is 11.7 Å². The molecule has 2 aromatic carbocycles. The Morgan fingerprint density at radius 3 is 2.56 bits per heavy atom. The van der Waals surface area contributed by atoms with Gasteiger partial charge in [-0.05, 0) is 43.3 Å². The molecule has 2 atom stereocenters. The van der Waals surface area contributed by atoms with Crippen LogP contribution in [0.4, 0.5) is 4.39 Å². The number of alkyl halides is 1. The molecule has 1 fully saturated rings. The lowest BCUT2D eigenvalue weighted by molar-refractivity contribution is -0.151. The van der Waals surface area contributed by atoms with Crippen LogP contribution in [0.2, 0.25) is 0 Å². The Labute approximate surface area is 189 Å². The fourth-order valence-corrected chi connectivity index (χ4v) is 3.52. The van der Waals surface area contributed by atoms with Crippen molar-refractivity contribution in [3.8, 4) is 0 Å². The van der Waals surface area contributed by atoms with Crippen molar-refractivity contribution in [1.29, 1.82) is 0 Å². The molecule has 0 saturated carbocycles. The number of hydrogen-bond acceptors (Lipinski definition) is 5. The maximum Gasteiger partial charge on any atom is 0.312 e. The molecule has 0 radical (unpaired) electrons. The minimum Gasteiger partial charge on any atom is -0.454 e. The van der Waals surface area contributed by atoms with E-state index in [1.54, 1.807) is 18.2 Å². The third-order valence-corrected chi connectivity index (χ3v) is 5.24. The molecule has 32 heavy (non-hydrogen) atoms. The lowest BCUT2D eigenvalue weighted by atomic mass is 10.0. The monoisotopic (exact) mass is 460 g/mol. The molecule has 1 heterocycles. The lowest BCUT2D eigenvalue weighted by Crippen LogP contribution is -2.43. The van der Waals surface area contributed by atoms with Crippen LogP contribution in [0.5, 0.6) is 0 Å². The van der Waals surface area contributed by atoms with E-state index >= 15 is 0 Å². The van der Waals surface area contributed by atoms with Gasteiger partial charge in [-0.2, -0.15) is 0 Å². The molecule has 2 amide bonds. The summed E-state index contributed by atoms with van der Waals surface area (Å²) in [6.07, 6.45) is -1.25. The topological polar surface area (TPSA) is 92.8 Å². The second-order valence-corrected chi connectivity index (χ2v) is 7.87. The molecule has 1 N–H and O–H groups in total. The van der Waals surface area contributed by atoms with Gasteiger partial charge in [0.1, 0.15) is 5.82 Å². The number of halogens is 2. The van der Waals surface area contributed by atoms with Crippen molar-refractivity contribution in [3.63, 3.8) is 0 Å². The van der Waals surface area contributed by atoms with Gasteiger partial charge < -0.3 is 4.74 Å². The second-order valence-electron chi connectivity index (χ2n) is 7.49. The number of aryl methyl sites for hydroxylation is 1. The van der Waals surface area contributed by atoms with Gasteiger partial charge in [-0.25, -0.2) is 4.39 Å². The van der Waals surface area contributed by atoms with Crippen LogP contribution < -0.4 is 5.43 Å². The van der Waals surface area contributed by atoms with Gasteiger partial charge in [0.05, 0.1) is 12.5 Å². The van der Waals surface area contributed by atoms with Crippen molar-refractivity contribution < 1.29 is 28.3 Å². The molecular weight excluding hydrogens is 439 g/mol. The van der Waals surface area contributed by atoms with E-state index in [-0.39, 0.29) is 30.8 Å². The highest BCUT2D eigenvalue weighted by Crippen LogP contribution is 2.21. The molecule has 0 unspecified atom stereocenters. The second kappa shape index (κ2) is 10.4. The van der Waals surface area contributed by atoms with Gasteiger partial charge in [0.15, 0.2) is 6.10 Å². The highest BCUT2D eigenvalue weighted by atomic mass is 35.5. The first-order valence-electron chi connectivity index (χ1n) is 10.0. The molecule has 0 bridgehead atoms. The summed E-state index contributed by atoms with van der Waals surface area (Å²) in [7, 11) is 0. The number of benzene rings is 2. The Balaban J connectivity index is 1.62. The van der Waals surface area contributed by atoms with Gasteiger partial charge >= 0.3 is 5.97 Å². The summed E-state index contributed by atoms with van der Waals surface area (Å²) in [5.74, 6) is -3.44. The van der Waals surface area contributed by atoms with Crippen LogP contribution in [0.1, 0.15) is 39.1 Å². The van der Waals surface area contributed by atoms with Crippen LogP contribution in [-0.4, -0.2) is 47.1 Å². The average molecular weight is 461 g/mol.